The van der Waals surface area contributed by atoms with Crippen LogP contribution in [0.15, 0.2) is 22.7 Å². The van der Waals surface area contributed by atoms with Gasteiger partial charge in [-0.2, -0.15) is 0 Å². The zero-order valence-corrected chi connectivity index (χ0v) is 13.8. The lowest BCUT2D eigenvalue weighted by molar-refractivity contribution is 0.386. The van der Waals surface area contributed by atoms with Gasteiger partial charge in [-0.25, -0.2) is 0 Å². The van der Waals surface area contributed by atoms with Gasteiger partial charge < -0.3 is 14.6 Å². The fraction of sp³-hybridized carbons (Fsp3) is 0.438. The Balaban J connectivity index is 2.22. The van der Waals surface area contributed by atoms with E-state index >= 15 is 0 Å². The summed E-state index contributed by atoms with van der Waals surface area (Å²) in [6, 6.07) is 5.85. The van der Waals surface area contributed by atoms with Crippen molar-refractivity contribution in [3.05, 3.63) is 45.8 Å². The lowest BCUT2D eigenvalue weighted by Gasteiger charge is -2.22. The second kappa shape index (κ2) is 6.50. The molecule has 0 saturated carbocycles. The van der Waals surface area contributed by atoms with Crippen molar-refractivity contribution in [3.63, 3.8) is 0 Å². The number of benzene rings is 1. The first-order chi connectivity index (χ1) is 9.93. The maximum absolute atomic E-state index is 6.10. The minimum atomic E-state index is 0.0855. The summed E-state index contributed by atoms with van der Waals surface area (Å²) < 4.78 is 10.6. The van der Waals surface area contributed by atoms with E-state index in [1.807, 2.05) is 32.0 Å². The molecule has 2 aromatic rings. The molecule has 0 fully saturated rings. The second-order valence-corrected chi connectivity index (χ2v) is 5.67. The van der Waals surface area contributed by atoms with E-state index in [2.05, 4.69) is 24.3 Å². The molecule has 1 aromatic carbocycles. The van der Waals surface area contributed by atoms with E-state index in [1.54, 1.807) is 7.11 Å². The van der Waals surface area contributed by atoms with Crippen molar-refractivity contribution in [1.82, 2.24) is 10.5 Å². The third-order valence-corrected chi connectivity index (χ3v) is 3.91. The van der Waals surface area contributed by atoms with Crippen LogP contribution in [-0.4, -0.2) is 12.3 Å². The minimum absolute atomic E-state index is 0.0855. The van der Waals surface area contributed by atoms with Crippen LogP contribution in [0.4, 0.5) is 0 Å². The number of halogens is 1. The normalized spacial score (nSPS) is 14.0. The molecule has 0 saturated heterocycles. The average molecular weight is 309 g/mol. The molecule has 0 spiro atoms. The summed E-state index contributed by atoms with van der Waals surface area (Å²) in [5, 5.41) is 8.25. The van der Waals surface area contributed by atoms with Gasteiger partial charge in [0.15, 0.2) is 0 Å². The number of rotatable bonds is 5. The third-order valence-electron chi connectivity index (χ3n) is 3.68. The molecule has 1 aromatic heterocycles. The molecular weight excluding hydrogens is 288 g/mol. The summed E-state index contributed by atoms with van der Waals surface area (Å²) in [5.41, 5.74) is 3.05. The molecular formula is C16H21ClN2O2. The van der Waals surface area contributed by atoms with Crippen LogP contribution in [0.5, 0.6) is 5.75 Å². The first-order valence-corrected chi connectivity index (χ1v) is 7.34. The molecule has 0 aliphatic rings. The summed E-state index contributed by atoms with van der Waals surface area (Å²) in [6.07, 6.45) is 0. The fourth-order valence-electron chi connectivity index (χ4n) is 2.70. The molecule has 2 atom stereocenters. The second-order valence-electron chi connectivity index (χ2n) is 5.23. The molecule has 0 bridgehead atoms. The highest BCUT2D eigenvalue weighted by Gasteiger charge is 2.20. The van der Waals surface area contributed by atoms with Gasteiger partial charge in [0.2, 0.25) is 0 Å². The van der Waals surface area contributed by atoms with Crippen molar-refractivity contribution < 1.29 is 9.26 Å². The molecule has 0 aliphatic heterocycles. The standard InChI is InChI=1S/C16H21ClN2O2/c1-9(14-8-13(17)6-7-15(14)20-5)18-10(2)16-11(3)19-21-12(16)4/h6-10,18H,1-5H3/t9-,10-/m1/s1. The number of aryl methyl sites for hydroxylation is 2. The fourth-order valence-corrected chi connectivity index (χ4v) is 2.88. The highest BCUT2D eigenvalue weighted by molar-refractivity contribution is 6.30. The van der Waals surface area contributed by atoms with Gasteiger partial charge in [0.25, 0.3) is 0 Å². The number of hydrogen-bond donors (Lipinski definition) is 1. The zero-order valence-electron chi connectivity index (χ0n) is 13.0. The molecule has 4 nitrogen and oxygen atoms in total. The summed E-state index contributed by atoms with van der Waals surface area (Å²) in [4.78, 5) is 0. The van der Waals surface area contributed by atoms with E-state index in [0.717, 1.165) is 28.3 Å². The van der Waals surface area contributed by atoms with Crippen molar-refractivity contribution in [2.24, 2.45) is 0 Å². The Morgan fingerprint density at radius 1 is 1.24 bits per heavy atom. The Kier molecular flexibility index (Phi) is 4.91. The molecule has 5 heteroatoms. The Morgan fingerprint density at radius 2 is 1.95 bits per heavy atom. The van der Waals surface area contributed by atoms with Crippen LogP contribution in [0.25, 0.3) is 0 Å². The topological polar surface area (TPSA) is 47.3 Å². The molecule has 21 heavy (non-hydrogen) atoms. The predicted molar refractivity (Wildman–Crippen MR) is 83.9 cm³/mol. The van der Waals surface area contributed by atoms with Crippen LogP contribution in [0.1, 0.15) is 48.5 Å². The summed E-state index contributed by atoms with van der Waals surface area (Å²) in [5.74, 6) is 1.67. The largest absolute Gasteiger partial charge is 0.496 e. The molecule has 114 valence electrons. The molecule has 0 amide bonds. The maximum Gasteiger partial charge on any atom is 0.138 e. The molecule has 0 radical (unpaired) electrons. The average Bonchev–Trinajstić information content (AvgIpc) is 2.78. The predicted octanol–water partition coefficient (Wildman–Crippen LogP) is 4.37. The SMILES string of the molecule is COc1ccc(Cl)cc1[C@@H](C)N[C@H](C)c1c(C)noc1C. The summed E-state index contributed by atoms with van der Waals surface area (Å²) >= 11 is 6.10. The Bertz CT molecular complexity index is 605. The van der Waals surface area contributed by atoms with E-state index in [9.17, 15) is 0 Å². The Morgan fingerprint density at radius 3 is 2.52 bits per heavy atom. The lowest BCUT2D eigenvalue weighted by atomic mass is 10.0. The van der Waals surface area contributed by atoms with Crippen molar-refractivity contribution in [1.29, 1.82) is 0 Å². The van der Waals surface area contributed by atoms with E-state index in [4.69, 9.17) is 20.9 Å². The van der Waals surface area contributed by atoms with Crippen LogP contribution in [0.2, 0.25) is 5.02 Å². The third kappa shape index (κ3) is 3.39. The summed E-state index contributed by atoms with van der Waals surface area (Å²) in [6.45, 7) is 8.07. The van der Waals surface area contributed by atoms with E-state index in [0.29, 0.717) is 5.02 Å². The quantitative estimate of drug-likeness (QED) is 0.891. The highest BCUT2D eigenvalue weighted by Crippen LogP contribution is 2.30. The van der Waals surface area contributed by atoms with Gasteiger partial charge >= 0.3 is 0 Å². The Labute approximate surface area is 130 Å². The van der Waals surface area contributed by atoms with Crippen LogP contribution in [0.3, 0.4) is 0 Å². The molecule has 0 aliphatic carbocycles. The zero-order chi connectivity index (χ0) is 15.6. The van der Waals surface area contributed by atoms with Crippen LogP contribution in [0, 0.1) is 13.8 Å². The number of ether oxygens (including phenoxy) is 1. The van der Waals surface area contributed by atoms with Crippen molar-refractivity contribution in [2.45, 2.75) is 39.8 Å². The van der Waals surface area contributed by atoms with Crippen LogP contribution < -0.4 is 10.1 Å². The molecule has 0 unspecified atom stereocenters. The van der Waals surface area contributed by atoms with Crippen molar-refractivity contribution >= 4 is 11.6 Å². The van der Waals surface area contributed by atoms with E-state index < -0.39 is 0 Å². The number of nitrogens with one attached hydrogen (secondary N) is 1. The van der Waals surface area contributed by atoms with E-state index in [1.165, 1.54) is 0 Å². The number of hydrogen-bond acceptors (Lipinski definition) is 4. The molecule has 1 heterocycles. The number of aromatic nitrogens is 1. The maximum atomic E-state index is 6.10. The van der Waals surface area contributed by atoms with Crippen LogP contribution >= 0.6 is 11.6 Å². The van der Waals surface area contributed by atoms with Gasteiger partial charge in [-0.15, -0.1) is 0 Å². The highest BCUT2D eigenvalue weighted by atomic mass is 35.5. The first-order valence-electron chi connectivity index (χ1n) is 6.96. The lowest BCUT2D eigenvalue weighted by Crippen LogP contribution is -2.23. The first kappa shape index (κ1) is 15.9. The molecule has 1 N–H and O–H groups in total. The monoisotopic (exact) mass is 308 g/mol. The van der Waals surface area contributed by atoms with Gasteiger partial charge in [-0.1, -0.05) is 16.8 Å². The van der Waals surface area contributed by atoms with Gasteiger partial charge in [0.05, 0.1) is 12.8 Å². The van der Waals surface area contributed by atoms with Crippen LogP contribution in [-0.2, 0) is 0 Å². The van der Waals surface area contributed by atoms with Gasteiger partial charge in [0.1, 0.15) is 11.5 Å². The molecule has 2 rings (SSSR count). The number of methoxy groups -OCH3 is 1. The van der Waals surface area contributed by atoms with Crippen molar-refractivity contribution in [2.75, 3.05) is 7.11 Å². The van der Waals surface area contributed by atoms with E-state index in [-0.39, 0.29) is 12.1 Å². The summed E-state index contributed by atoms with van der Waals surface area (Å²) in [7, 11) is 1.66. The number of nitrogens with zero attached hydrogens (tertiary/aromatic N) is 1. The van der Waals surface area contributed by atoms with Gasteiger partial charge in [-0.05, 0) is 45.9 Å². The van der Waals surface area contributed by atoms with Gasteiger partial charge in [0, 0.05) is 28.2 Å². The van der Waals surface area contributed by atoms with Crippen molar-refractivity contribution in [3.8, 4) is 5.75 Å². The smallest absolute Gasteiger partial charge is 0.138 e. The minimum Gasteiger partial charge on any atom is -0.496 e. The van der Waals surface area contributed by atoms with Gasteiger partial charge in [-0.3, -0.25) is 0 Å². The Hall–Kier alpha value is -1.52.